The van der Waals surface area contributed by atoms with Crippen molar-refractivity contribution in [3.63, 3.8) is 0 Å². The first-order chi connectivity index (χ1) is 20.3. The van der Waals surface area contributed by atoms with Crippen LogP contribution in [0, 0.1) is 18.8 Å². The second kappa shape index (κ2) is 12.4. The average Bonchev–Trinajstić information content (AvgIpc) is 3.63. The Morgan fingerprint density at radius 3 is 2.45 bits per heavy atom. The van der Waals surface area contributed by atoms with E-state index < -0.39 is 29.6 Å². The van der Waals surface area contributed by atoms with Gasteiger partial charge in [-0.2, -0.15) is 0 Å². The molecule has 2 aromatic rings. The molecule has 3 aliphatic rings. The van der Waals surface area contributed by atoms with Gasteiger partial charge in [0.05, 0.1) is 28.6 Å². The van der Waals surface area contributed by atoms with E-state index in [0.29, 0.717) is 42.1 Å². The summed E-state index contributed by atoms with van der Waals surface area (Å²) in [5.74, 6) is -2.32. The number of benzene rings is 2. The van der Waals surface area contributed by atoms with Crippen LogP contribution in [-0.2, 0) is 19.1 Å². The minimum atomic E-state index is -1.15. The number of hydrogen-bond donors (Lipinski definition) is 1. The van der Waals surface area contributed by atoms with Crippen molar-refractivity contribution in [2.75, 3.05) is 36.0 Å². The maximum absolute atomic E-state index is 14.7. The quantitative estimate of drug-likeness (QED) is 0.289. The zero-order chi connectivity index (χ0) is 30.0. The van der Waals surface area contributed by atoms with Crippen LogP contribution in [0.15, 0.2) is 73.8 Å². The highest BCUT2D eigenvalue weighted by Crippen LogP contribution is 2.59. The lowest BCUT2D eigenvalue weighted by atomic mass is 9.70. The van der Waals surface area contributed by atoms with Gasteiger partial charge in [-0.1, -0.05) is 54.1 Å². The number of aliphatic hydroxyl groups is 1. The van der Waals surface area contributed by atoms with Crippen molar-refractivity contribution >= 4 is 40.7 Å². The average molecular weight is 592 g/mol. The molecule has 2 bridgehead atoms. The molecule has 1 N–H and O–H groups in total. The summed E-state index contributed by atoms with van der Waals surface area (Å²) in [4.78, 5) is 48.1. The number of hydrogen-bond acceptors (Lipinski definition) is 5. The second-order valence-electron chi connectivity index (χ2n) is 11.2. The first-order valence-corrected chi connectivity index (χ1v) is 14.9. The van der Waals surface area contributed by atoms with E-state index in [1.165, 1.54) is 0 Å². The van der Waals surface area contributed by atoms with Gasteiger partial charge in [0.1, 0.15) is 11.6 Å². The molecule has 3 amide bonds. The number of unbranched alkanes of at least 4 members (excludes halogenated alkanes) is 1. The summed E-state index contributed by atoms with van der Waals surface area (Å²) < 4.78 is 6.66. The van der Waals surface area contributed by atoms with E-state index in [1.54, 1.807) is 32.9 Å². The van der Waals surface area contributed by atoms with Gasteiger partial charge in [0.25, 0.3) is 5.91 Å². The molecule has 3 aliphatic heterocycles. The Bertz CT molecular complexity index is 1350. The molecule has 3 fully saturated rings. The van der Waals surface area contributed by atoms with E-state index in [1.807, 2.05) is 49.4 Å². The molecule has 0 saturated carbocycles. The van der Waals surface area contributed by atoms with E-state index in [0.717, 1.165) is 5.56 Å². The number of carbonyl (C=O) groups excluding carboxylic acids is 3. The third-order valence-corrected chi connectivity index (χ3v) is 9.11. The Labute approximate surface area is 252 Å². The van der Waals surface area contributed by atoms with E-state index in [2.05, 4.69) is 13.2 Å². The molecule has 5 atom stereocenters. The monoisotopic (exact) mass is 591 g/mol. The second-order valence-corrected chi connectivity index (χ2v) is 11.6. The van der Waals surface area contributed by atoms with Crippen molar-refractivity contribution in [2.24, 2.45) is 11.8 Å². The third-order valence-electron chi connectivity index (χ3n) is 8.81. The molecule has 5 rings (SSSR count). The van der Waals surface area contributed by atoms with E-state index in [9.17, 15) is 19.5 Å². The summed E-state index contributed by atoms with van der Waals surface area (Å²) in [6.45, 7) is 10.3. The number of amides is 3. The van der Waals surface area contributed by atoms with Crippen LogP contribution >= 0.6 is 11.6 Å². The maximum Gasteiger partial charge on any atom is 0.253 e. The molecule has 9 heteroatoms. The van der Waals surface area contributed by atoms with Crippen LogP contribution < -0.4 is 9.80 Å². The molecule has 3 heterocycles. The number of carbonyl (C=O) groups is 3. The van der Waals surface area contributed by atoms with E-state index in [-0.39, 0.29) is 44.0 Å². The molecule has 8 nitrogen and oxygen atoms in total. The number of ether oxygens (including phenoxy) is 1. The summed E-state index contributed by atoms with van der Waals surface area (Å²) in [5.41, 5.74) is 0.941. The number of rotatable bonds is 12. The summed E-state index contributed by atoms with van der Waals surface area (Å²) >= 11 is 6.63. The molecular weight excluding hydrogens is 554 g/mol. The van der Waals surface area contributed by atoms with Crippen LogP contribution in [0.2, 0.25) is 5.02 Å². The Balaban J connectivity index is 1.57. The highest BCUT2D eigenvalue weighted by Gasteiger charge is 2.75. The predicted octanol–water partition coefficient (Wildman–Crippen LogP) is 4.53. The van der Waals surface area contributed by atoms with Crippen molar-refractivity contribution in [2.45, 2.75) is 50.4 Å². The molecule has 3 saturated heterocycles. The number of likely N-dealkylation sites (tertiary alicyclic amines) is 1. The Morgan fingerprint density at radius 1 is 1.07 bits per heavy atom. The molecule has 222 valence electrons. The number of aliphatic hydroxyl groups excluding tert-OH is 1. The number of aryl methyl sites for hydroxylation is 1. The molecule has 0 aliphatic carbocycles. The maximum atomic E-state index is 14.7. The standard InChI is InChI=1S/C33H38ClN3O5/c1-4-18-35(23-13-7-6-8-14-23)30(39)26-25-16-17-33(42-25)27(26)31(40)37(20-9-10-21-38)29(33)32(41)36(19-5-2)28-22(3)12-11-15-24(28)34/h4-8,11-15,25-27,29,38H,1-2,9-10,16-21H2,3H3/t25-,26+,27+,29?,33?/m1/s1. The van der Waals surface area contributed by atoms with Crippen molar-refractivity contribution in [3.8, 4) is 0 Å². The minimum Gasteiger partial charge on any atom is -0.396 e. The smallest absolute Gasteiger partial charge is 0.253 e. The van der Waals surface area contributed by atoms with Crippen LogP contribution in [0.3, 0.4) is 0 Å². The zero-order valence-corrected chi connectivity index (χ0v) is 24.7. The van der Waals surface area contributed by atoms with Gasteiger partial charge in [-0.15, -0.1) is 13.2 Å². The summed E-state index contributed by atoms with van der Waals surface area (Å²) in [6, 6.07) is 13.8. The van der Waals surface area contributed by atoms with Gasteiger partial charge in [-0.05, 0) is 56.4 Å². The van der Waals surface area contributed by atoms with Crippen molar-refractivity contribution in [3.05, 3.63) is 84.4 Å². The molecule has 0 aromatic heterocycles. The molecule has 0 radical (unpaired) electrons. The Hall–Kier alpha value is -3.46. The lowest BCUT2D eigenvalue weighted by molar-refractivity contribution is -0.140. The normalized spacial score (nSPS) is 25.8. The highest BCUT2D eigenvalue weighted by atomic mass is 35.5. The van der Waals surface area contributed by atoms with Crippen LogP contribution in [-0.4, -0.2) is 71.7 Å². The Morgan fingerprint density at radius 2 is 1.79 bits per heavy atom. The molecule has 42 heavy (non-hydrogen) atoms. The fraction of sp³-hybridized carbons (Fsp3) is 0.424. The number of anilines is 2. The predicted molar refractivity (Wildman–Crippen MR) is 163 cm³/mol. The minimum absolute atomic E-state index is 0.0239. The van der Waals surface area contributed by atoms with Crippen LogP contribution in [0.25, 0.3) is 0 Å². The summed E-state index contributed by atoms with van der Waals surface area (Å²) in [7, 11) is 0. The molecule has 2 unspecified atom stereocenters. The molecule has 2 aromatic carbocycles. The number of fused-ring (bicyclic) bond motifs is 1. The number of para-hydroxylation sites is 2. The first-order valence-electron chi connectivity index (χ1n) is 14.5. The van der Waals surface area contributed by atoms with Crippen LogP contribution in [0.4, 0.5) is 11.4 Å². The van der Waals surface area contributed by atoms with Crippen molar-refractivity contribution in [1.82, 2.24) is 4.90 Å². The van der Waals surface area contributed by atoms with Gasteiger partial charge >= 0.3 is 0 Å². The zero-order valence-electron chi connectivity index (χ0n) is 24.0. The SMILES string of the molecule is C=CCN(C(=O)[C@@H]1[C@H]2C(=O)N(CCCCO)C(C(=O)N(CC=C)c3c(C)cccc3Cl)C23CC[C@H]1O3)c1ccccc1. The largest absolute Gasteiger partial charge is 0.396 e. The molecule has 1 spiro atoms. The summed E-state index contributed by atoms with van der Waals surface area (Å²) in [5, 5.41) is 9.88. The van der Waals surface area contributed by atoms with Gasteiger partial charge in [0, 0.05) is 31.9 Å². The topological polar surface area (TPSA) is 90.4 Å². The van der Waals surface area contributed by atoms with E-state index >= 15 is 0 Å². The van der Waals surface area contributed by atoms with E-state index in [4.69, 9.17) is 16.3 Å². The fourth-order valence-electron chi connectivity index (χ4n) is 7.12. The lowest BCUT2D eigenvalue weighted by Gasteiger charge is -2.37. The van der Waals surface area contributed by atoms with Crippen molar-refractivity contribution in [1.29, 1.82) is 0 Å². The van der Waals surface area contributed by atoms with Crippen LogP contribution in [0.1, 0.15) is 31.2 Å². The highest BCUT2D eigenvalue weighted by molar-refractivity contribution is 6.34. The van der Waals surface area contributed by atoms with Gasteiger partial charge in [-0.3, -0.25) is 14.4 Å². The van der Waals surface area contributed by atoms with Gasteiger partial charge in [0.2, 0.25) is 11.8 Å². The van der Waals surface area contributed by atoms with Gasteiger partial charge in [0.15, 0.2) is 0 Å². The fourth-order valence-corrected chi connectivity index (χ4v) is 7.45. The summed E-state index contributed by atoms with van der Waals surface area (Å²) in [6.07, 6.45) is 4.86. The van der Waals surface area contributed by atoms with Crippen molar-refractivity contribution < 1.29 is 24.2 Å². The number of nitrogens with zero attached hydrogens (tertiary/aromatic N) is 3. The first kappa shape index (κ1) is 30.0. The number of halogens is 1. The third kappa shape index (κ3) is 4.95. The van der Waals surface area contributed by atoms with Gasteiger partial charge < -0.3 is 24.5 Å². The lowest BCUT2D eigenvalue weighted by Crippen LogP contribution is -2.57. The van der Waals surface area contributed by atoms with Gasteiger partial charge in [-0.25, -0.2) is 0 Å². The van der Waals surface area contributed by atoms with Crippen LogP contribution in [0.5, 0.6) is 0 Å². The molecular formula is C33H38ClN3O5. The Kier molecular flexibility index (Phi) is 8.87.